The molecule has 2 N–H and O–H groups in total. The SMILES string of the molecule is COc1cc(C)ccc1C(N)C1CCC(C)CC1. The van der Waals surface area contributed by atoms with Gasteiger partial charge in [0.15, 0.2) is 0 Å². The maximum absolute atomic E-state index is 6.46. The fourth-order valence-electron chi connectivity index (χ4n) is 2.99. The number of methoxy groups -OCH3 is 1. The quantitative estimate of drug-likeness (QED) is 0.881. The summed E-state index contributed by atoms with van der Waals surface area (Å²) in [6.45, 7) is 4.42. The number of hydrogen-bond acceptors (Lipinski definition) is 2. The van der Waals surface area contributed by atoms with Crippen LogP contribution < -0.4 is 10.5 Å². The van der Waals surface area contributed by atoms with Crippen molar-refractivity contribution in [3.8, 4) is 5.75 Å². The Balaban J connectivity index is 2.15. The van der Waals surface area contributed by atoms with Gasteiger partial charge in [-0.15, -0.1) is 0 Å². The van der Waals surface area contributed by atoms with Crippen LogP contribution in [0.1, 0.15) is 49.8 Å². The highest BCUT2D eigenvalue weighted by Gasteiger charge is 2.26. The second-order valence-electron chi connectivity index (χ2n) is 5.79. The van der Waals surface area contributed by atoms with Crippen LogP contribution in [-0.4, -0.2) is 7.11 Å². The molecule has 1 aromatic carbocycles. The van der Waals surface area contributed by atoms with Crippen LogP contribution >= 0.6 is 0 Å². The molecular formula is C16H25NO. The first kappa shape index (κ1) is 13.4. The molecule has 1 fully saturated rings. The molecule has 2 nitrogen and oxygen atoms in total. The number of nitrogens with two attached hydrogens (primary N) is 1. The molecule has 1 aliphatic rings. The Morgan fingerprint density at radius 1 is 1.22 bits per heavy atom. The van der Waals surface area contributed by atoms with Crippen molar-refractivity contribution in [3.63, 3.8) is 0 Å². The Hall–Kier alpha value is -1.02. The van der Waals surface area contributed by atoms with Crippen molar-refractivity contribution in [2.45, 2.75) is 45.6 Å². The first-order valence-electron chi connectivity index (χ1n) is 7.02. The molecule has 2 heteroatoms. The third kappa shape index (κ3) is 2.86. The smallest absolute Gasteiger partial charge is 0.123 e. The van der Waals surface area contributed by atoms with Crippen molar-refractivity contribution in [2.24, 2.45) is 17.6 Å². The van der Waals surface area contributed by atoms with Gasteiger partial charge in [0.05, 0.1) is 7.11 Å². The predicted molar refractivity (Wildman–Crippen MR) is 75.8 cm³/mol. The highest BCUT2D eigenvalue weighted by molar-refractivity contribution is 5.39. The third-order valence-corrected chi connectivity index (χ3v) is 4.32. The topological polar surface area (TPSA) is 35.2 Å². The Labute approximate surface area is 111 Å². The summed E-state index contributed by atoms with van der Waals surface area (Å²) in [6.07, 6.45) is 5.12. The van der Waals surface area contributed by atoms with Crippen molar-refractivity contribution >= 4 is 0 Å². The van der Waals surface area contributed by atoms with Crippen LogP contribution in [0.2, 0.25) is 0 Å². The highest BCUT2D eigenvalue weighted by Crippen LogP contribution is 2.38. The van der Waals surface area contributed by atoms with Gasteiger partial charge in [0.1, 0.15) is 5.75 Å². The lowest BCUT2D eigenvalue weighted by Gasteiger charge is -2.31. The van der Waals surface area contributed by atoms with E-state index in [-0.39, 0.29) is 6.04 Å². The molecule has 1 unspecified atom stereocenters. The normalized spacial score (nSPS) is 25.8. The lowest BCUT2D eigenvalue weighted by molar-refractivity contribution is 0.253. The molecule has 0 saturated heterocycles. The summed E-state index contributed by atoms with van der Waals surface area (Å²) >= 11 is 0. The van der Waals surface area contributed by atoms with Gasteiger partial charge in [-0.25, -0.2) is 0 Å². The Kier molecular flexibility index (Phi) is 4.28. The number of hydrogen-bond donors (Lipinski definition) is 1. The van der Waals surface area contributed by atoms with Crippen molar-refractivity contribution in [3.05, 3.63) is 29.3 Å². The van der Waals surface area contributed by atoms with E-state index in [4.69, 9.17) is 10.5 Å². The summed E-state index contributed by atoms with van der Waals surface area (Å²) in [6, 6.07) is 6.47. The summed E-state index contributed by atoms with van der Waals surface area (Å²) in [5.74, 6) is 2.42. The maximum atomic E-state index is 6.46. The largest absolute Gasteiger partial charge is 0.496 e. The minimum Gasteiger partial charge on any atom is -0.496 e. The van der Waals surface area contributed by atoms with E-state index in [1.807, 2.05) is 0 Å². The lowest BCUT2D eigenvalue weighted by atomic mass is 9.77. The molecule has 100 valence electrons. The van der Waals surface area contributed by atoms with Crippen LogP contribution in [-0.2, 0) is 0 Å². The lowest BCUT2D eigenvalue weighted by Crippen LogP contribution is -2.25. The van der Waals surface area contributed by atoms with Crippen LogP contribution in [0.25, 0.3) is 0 Å². The first-order chi connectivity index (χ1) is 8.61. The predicted octanol–water partition coefficient (Wildman–Crippen LogP) is 3.83. The maximum Gasteiger partial charge on any atom is 0.123 e. The Bertz CT molecular complexity index is 394. The molecule has 1 atom stereocenters. The van der Waals surface area contributed by atoms with E-state index in [9.17, 15) is 0 Å². The van der Waals surface area contributed by atoms with Gasteiger partial charge < -0.3 is 10.5 Å². The van der Waals surface area contributed by atoms with Gasteiger partial charge >= 0.3 is 0 Å². The standard InChI is InChI=1S/C16H25NO/c1-11-4-7-13(8-5-11)16(17)14-9-6-12(2)10-15(14)18-3/h6,9-11,13,16H,4-5,7-8,17H2,1-3H3. The zero-order valence-corrected chi connectivity index (χ0v) is 11.8. The van der Waals surface area contributed by atoms with Crippen LogP contribution in [0.3, 0.4) is 0 Å². The fourth-order valence-corrected chi connectivity index (χ4v) is 2.99. The minimum absolute atomic E-state index is 0.119. The average molecular weight is 247 g/mol. The van der Waals surface area contributed by atoms with Crippen LogP contribution in [0, 0.1) is 18.8 Å². The van der Waals surface area contributed by atoms with Crippen molar-refractivity contribution in [1.82, 2.24) is 0 Å². The number of ether oxygens (including phenoxy) is 1. The average Bonchev–Trinajstić information content (AvgIpc) is 2.38. The molecule has 0 amide bonds. The monoisotopic (exact) mass is 247 g/mol. The molecule has 1 aliphatic carbocycles. The minimum atomic E-state index is 0.119. The fraction of sp³-hybridized carbons (Fsp3) is 0.625. The summed E-state index contributed by atoms with van der Waals surface area (Å²) in [4.78, 5) is 0. The number of rotatable bonds is 3. The van der Waals surface area contributed by atoms with Gasteiger partial charge in [0, 0.05) is 11.6 Å². The van der Waals surface area contributed by atoms with Gasteiger partial charge in [-0.05, 0) is 43.2 Å². The molecule has 0 aliphatic heterocycles. The summed E-state index contributed by atoms with van der Waals surface area (Å²) < 4.78 is 5.48. The molecule has 0 heterocycles. The zero-order chi connectivity index (χ0) is 13.1. The van der Waals surface area contributed by atoms with Crippen LogP contribution in [0.5, 0.6) is 5.75 Å². The Morgan fingerprint density at radius 2 is 1.89 bits per heavy atom. The van der Waals surface area contributed by atoms with E-state index < -0.39 is 0 Å². The van der Waals surface area contributed by atoms with E-state index in [0.29, 0.717) is 5.92 Å². The van der Waals surface area contributed by atoms with Gasteiger partial charge in [0.2, 0.25) is 0 Å². The van der Waals surface area contributed by atoms with Crippen LogP contribution in [0.15, 0.2) is 18.2 Å². The van der Waals surface area contributed by atoms with Crippen molar-refractivity contribution in [1.29, 1.82) is 0 Å². The van der Waals surface area contributed by atoms with Gasteiger partial charge in [-0.3, -0.25) is 0 Å². The summed E-state index contributed by atoms with van der Waals surface area (Å²) in [7, 11) is 1.73. The molecule has 18 heavy (non-hydrogen) atoms. The van der Waals surface area contributed by atoms with E-state index >= 15 is 0 Å². The van der Waals surface area contributed by atoms with Crippen molar-refractivity contribution < 1.29 is 4.74 Å². The first-order valence-corrected chi connectivity index (χ1v) is 7.02. The van der Waals surface area contributed by atoms with Gasteiger partial charge in [0.25, 0.3) is 0 Å². The summed E-state index contributed by atoms with van der Waals surface area (Å²) in [5.41, 5.74) is 8.85. The van der Waals surface area contributed by atoms with E-state index in [1.54, 1.807) is 7.11 Å². The molecule has 0 aromatic heterocycles. The molecule has 2 rings (SSSR count). The second-order valence-corrected chi connectivity index (χ2v) is 5.79. The zero-order valence-electron chi connectivity index (χ0n) is 11.8. The molecule has 0 radical (unpaired) electrons. The summed E-state index contributed by atoms with van der Waals surface area (Å²) in [5, 5.41) is 0. The van der Waals surface area contributed by atoms with E-state index in [0.717, 1.165) is 11.7 Å². The molecule has 0 spiro atoms. The third-order valence-electron chi connectivity index (χ3n) is 4.32. The molecule has 1 aromatic rings. The van der Waals surface area contributed by atoms with Crippen molar-refractivity contribution in [2.75, 3.05) is 7.11 Å². The second kappa shape index (κ2) is 5.75. The highest BCUT2D eigenvalue weighted by atomic mass is 16.5. The molecular weight excluding hydrogens is 222 g/mol. The van der Waals surface area contributed by atoms with Gasteiger partial charge in [-0.1, -0.05) is 31.9 Å². The number of benzene rings is 1. The van der Waals surface area contributed by atoms with E-state index in [2.05, 4.69) is 32.0 Å². The molecule has 1 saturated carbocycles. The Morgan fingerprint density at radius 3 is 2.50 bits per heavy atom. The van der Waals surface area contributed by atoms with Gasteiger partial charge in [-0.2, -0.15) is 0 Å². The number of aryl methyl sites for hydroxylation is 1. The van der Waals surface area contributed by atoms with Crippen LogP contribution in [0.4, 0.5) is 0 Å². The molecule has 0 bridgehead atoms. The van der Waals surface area contributed by atoms with E-state index in [1.165, 1.54) is 36.8 Å².